The molecule has 0 aliphatic carbocycles. The molecule has 0 atom stereocenters. The molecule has 49 heavy (non-hydrogen) atoms. The first-order chi connectivity index (χ1) is 22.0. The number of carbonyl (C=O) groups is 4. The van der Waals surface area contributed by atoms with Crippen molar-refractivity contribution in [3.63, 3.8) is 0 Å². The molecule has 4 aromatic rings. The minimum atomic E-state index is -1.29. The fraction of sp³-hybridized carbons (Fsp3) is 0.235. The van der Waals surface area contributed by atoms with Crippen molar-refractivity contribution < 1.29 is 68.6 Å². The number of pyridine rings is 2. The summed E-state index contributed by atoms with van der Waals surface area (Å²) in [5.74, 6) is -3.38. The van der Waals surface area contributed by atoms with E-state index in [1.807, 2.05) is 27.7 Å². The summed E-state index contributed by atoms with van der Waals surface area (Å²) in [5.41, 5.74) is 1.29. The van der Waals surface area contributed by atoms with E-state index in [-0.39, 0.29) is 53.4 Å². The summed E-state index contributed by atoms with van der Waals surface area (Å²) in [4.78, 5) is 54.9. The van der Waals surface area contributed by atoms with Crippen LogP contribution >= 0.6 is 0 Å². The molecule has 0 saturated heterocycles. The van der Waals surface area contributed by atoms with E-state index in [4.69, 9.17) is 0 Å². The molecular formula is C34H42F2N4O8Zn+2. The van der Waals surface area contributed by atoms with E-state index in [1.165, 1.54) is 0 Å². The summed E-state index contributed by atoms with van der Waals surface area (Å²) < 4.78 is 24.3. The van der Waals surface area contributed by atoms with Crippen LogP contribution in [0.1, 0.15) is 69.1 Å². The van der Waals surface area contributed by atoms with E-state index < -0.39 is 23.6 Å². The largest absolute Gasteiger partial charge is 2.00 e. The first-order valence-electron chi connectivity index (χ1n) is 14.3. The Morgan fingerprint density at radius 3 is 1.04 bits per heavy atom. The van der Waals surface area contributed by atoms with Gasteiger partial charge in [-0.1, -0.05) is 24.3 Å². The van der Waals surface area contributed by atoms with E-state index in [0.717, 1.165) is 74.7 Å². The van der Waals surface area contributed by atoms with Crippen LogP contribution in [-0.4, -0.2) is 69.7 Å². The van der Waals surface area contributed by atoms with Gasteiger partial charge in [0.2, 0.25) is 0 Å². The number of hydrogen-bond donors (Lipinski definition) is 0. The van der Waals surface area contributed by atoms with Crippen molar-refractivity contribution in [2.45, 2.75) is 27.7 Å². The fourth-order valence-corrected chi connectivity index (χ4v) is 3.54. The van der Waals surface area contributed by atoms with Gasteiger partial charge in [0.15, 0.2) is 0 Å². The van der Waals surface area contributed by atoms with Crippen LogP contribution in [0.3, 0.4) is 0 Å². The predicted octanol–water partition coefficient (Wildman–Crippen LogP) is 1.66. The molecular weight excluding hydrogens is 696 g/mol. The number of hydrogen-bond acceptors (Lipinski definition) is 8. The molecule has 0 bridgehead atoms. The Morgan fingerprint density at radius 1 is 0.551 bits per heavy atom. The SMILES string of the molecule is CCN(CC)C(=O)c1cccnc1.CCN(CC)C(=O)c1cccnc1.O=C([O-])c1ccc(F)cc1.O=C([O-])c1ccc(F)cc1.[OH3+].[OH3+].[Zn+2]. The Hall–Kier alpha value is -4.98. The van der Waals surface area contributed by atoms with Gasteiger partial charge in [0, 0.05) is 51.0 Å². The molecule has 0 aliphatic rings. The second-order valence-electron chi connectivity index (χ2n) is 9.03. The second kappa shape index (κ2) is 27.0. The normalized spacial score (nSPS) is 8.94. The van der Waals surface area contributed by atoms with E-state index >= 15 is 0 Å². The fourth-order valence-electron chi connectivity index (χ4n) is 3.54. The average Bonchev–Trinajstić information content (AvgIpc) is 3.08. The number of carboxylic acids is 2. The molecule has 2 heterocycles. The standard InChI is InChI=1S/2C10H14N2O.2C7H5FO2.2H2O.Zn/c2*1-3-12(4-2)10(13)9-6-5-7-11-8-9;2*8-6-3-1-5(2-4-6)7(9)10;;;/h2*5-8H,3-4H2,1-2H3;2*1-4H,(H,9,10);2*1H2;/q;;;;;;+2. The molecule has 0 aliphatic heterocycles. The number of aromatic nitrogens is 2. The number of aromatic carboxylic acids is 2. The smallest absolute Gasteiger partial charge is 0.545 e. The van der Waals surface area contributed by atoms with Gasteiger partial charge in [0.1, 0.15) is 11.6 Å². The maximum Gasteiger partial charge on any atom is 2.00 e. The van der Waals surface area contributed by atoms with Gasteiger partial charge in [-0.05, 0) is 87.4 Å². The quantitative estimate of drug-likeness (QED) is 0.191. The maximum absolute atomic E-state index is 12.1. The molecule has 12 nitrogen and oxygen atoms in total. The summed E-state index contributed by atoms with van der Waals surface area (Å²) >= 11 is 0. The summed E-state index contributed by atoms with van der Waals surface area (Å²) in [7, 11) is 0. The predicted molar refractivity (Wildman–Crippen MR) is 174 cm³/mol. The average molecular weight is 738 g/mol. The van der Waals surface area contributed by atoms with Crippen LogP contribution < -0.4 is 10.2 Å². The van der Waals surface area contributed by atoms with Gasteiger partial charge in [0.05, 0.1) is 23.1 Å². The van der Waals surface area contributed by atoms with Crippen LogP contribution in [0.2, 0.25) is 0 Å². The molecule has 0 unspecified atom stereocenters. The van der Waals surface area contributed by atoms with Crippen molar-refractivity contribution in [1.29, 1.82) is 0 Å². The summed E-state index contributed by atoms with van der Waals surface area (Å²) in [6.07, 6.45) is 6.53. The summed E-state index contributed by atoms with van der Waals surface area (Å²) in [6.45, 7) is 10.8. The molecule has 0 spiro atoms. The first kappa shape index (κ1) is 48.4. The van der Waals surface area contributed by atoms with Gasteiger partial charge in [-0.2, -0.15) is 0 Å². The minimum absolute atomic E-state index is 0. The molecule has 0 fully saturated rings. The molecule has 6 N–H and O–H groups in total. The number of rotatable bonds is 8. The Bertz CT molecular complexity index is 1380. The number of carbonyl (C=O) groups excluding carboxylic acids is 4. The molecule has 2 aromatic heterocycles. The molecule has 0 saturated carbocycles. The van der Waals surface area contributed by atoms with Crippen molar-refractivity contribution in [3.8, 4) is 0 Å². The van der Waals surface area contributed by atoms with Crippen molar-refractivity contribution in [3.05, 3.63) is 131 Å². The van der Waals surface area contributed by atoms with Crippen molar-refractivity contribution in [1.82, 2.24) is 19.8 Å². The third kappa shape index (κ3) is 18.2. The van der Waals surface area contributed by atoms with E-state index in [0.29, 0.717) is 11.1 Å². The second-order valence-corrected chi connectivity index (χ2v) is 9.03. The molecule has 4 rings (SSSR count). The van der Waals surface area contributed by atoms with E-state index in [2.05, 4.69) is 9.97 Å². The number of halogens is 2. The van der Waals surface area contributed by atoms with Crippen molar-refractivity contribution in [2.24, 2.45) is 0 Å². The molecule has 15 heteroatoms. The Morgan fingerprint density at radius 2 is 0.837 bits per heavy atom. The van der Waals surface area contributed by atoms with Crippen LogP contribution in [0.4, 0.5) is 8.78 Å². The van der Waals surface area contributed by atoms with Gasteiger partial charge in [-0.3, -0.25) is 19.6 Å². The van der Waals surface area contributed by atoms with Crippen LogP contribution in [0.25, 0.3) is 0 Å². The van der Waals surface area contributed by atoms with Gasteiger partial charge >= 0.3 is 19.5 Å². The number of carboxylic acid groups (broad SMARTS) is 2. The number of nitrogens with zero attached hydrogens (tertiary/aromatic N) is 4. The molecule has 260 valence electrons. The Balaban J connectivity index is -0.000000568. The van der Waals surface area contributed by atoms with Crippen LogP contribution in [0, 0.1) is 11.6 Å². The third-order valence-corrected chi connectivity index (χ3v) is 6.08. The van der Waals surface area contributed by atoms with Gasteiger partial charge < -0.3 is 40.6 Å². The van der Waals surface area contributed by atoms with Crippen LogP contribution in [0.15, 0.2) is 97.6 Å². The van der Waals surface area contributed by atoms with Gasteiger partial charge in [-0.25, -0.2) is 8.78 Å². The van der Waals surface area contributed by atoms with Crippen LogP contribution in [0.5, 0.6) is 0 Å². The van der Waals surface area contributed by atoms with Crippen molar-refractivity contribution in [2.75, 3.05) is 26.2 Å². The zero-order valence-electron chi connectivity index (χ0n) is 27.9. The van der Waals surface area contributed by atoms with Crippen LogP contribution in [-0.2, 0) is 30.4 Å². The number of benzene rings is 2. The van der Waals surface area contributed by atoms with Gasteiger partial charge in [-0.15, -0.1) is 0 Å². The van der Waals surface area contributed by atoms with E-state index in [1.54, 1.807) is 58.9 Å². The first-order valence-corrected chi connectivity index (χ1v) is 14.3. The third-order valence-electron chi connectivity index (χ3n) is 6.08. The molecule has 0 radical (unpaired) electrons. The Labute approximate surface area is 296 Å². The Kier molecular flexibility index (Phi) is 26.7. The molecule has 2 aromatic carbocycles. The van der Waals surface area contributed by atoms with E-state index in [9.17, 15) is 38.2 Å². The van der Waals surface area contributed by atoms with Crippen molar-refractivity contribution >= 4 is 23.8 Å². The zero-order valence-corrected chi connectivity index (χ0v) is 30.9. The van der Waals surface area contributed by atoms with Gasteiger partial charge in [0.25, 0.3) is 11.8 Å². The molecule has 2 amide bonds. The number of amides is 2. The summed E-state index contributed by atoms with van der Waals surface area (Å²) in [6, 6.07) is 16.0. The maximum atomic E-state index is 12.1. The zero-order chi connectivity index (χ0) is 34.5. The minimum Gasteiger partial charge on any atom is -0.545 e. The monoisotopic (exact) mass is 736 g/mol. The summed E-state index contributed by atoms with van der Waals surface area (Å²) in [5, 5.41) is 20.2. The topological polar surface area (TPSA) is 213 Å².